The van der Waals surface area contributed by atoms with Crippen LogP contribution in [0.15, 0.2) is 18.5 Å². The van der Waals surface area contributed by atoms with Gasteiger partial charge in [-0.1, -0.05) is 0 Å². The van der Waals surface area contributed by atoms with Crippen LogP contribution in [0.1, 0.15) is 22.6 Å². The Balaban J connectivity index is 2.03. The first kappa shape index (κ1) is 18.9. The van der Waals surface area contributed by atoms with E-state index in [4.69, 9.17) is 0 Å². The summed E-state index contributed by atoms with van der Waals surface area (Å²) in [6.45, 7) is 4.13. The normalized spacial score (nSPS) is 11.9. The molecule has 0 aromatic carbocycles. The van der Waals surface area contributed by atoms with Crippen molar-refractivity contribution in [3.63, 3.8) is 0 Å². The van der Waals surface area contributed by atoms with Gasteiger partial charge in [0, 0.05) is 50.7 Å². The maximum atomic E-state index is 13.3. The fourth-order valence-corrected chi connectivity index (χ4v) is 2.81. The van der Waals surface area contributed by atoms with Gasteiger partial charge in [0.05, 0.1) is 17.6 Å². The topological polar surface area (TPSA) is 64.7 Å². The summed E-state index contributed by atoms with van der Waals surface area (Å²) in [6.07, 6.45) is -1.49. The molecular weight excluding hydrogens is 359 g/mol. The van der Waals surface area contributed by atoms with E-state index in [-0.39, 0.29) is 11.6 Å². The predicted octanol–water partition coefficient (Wildman–Crippen LogP) is 2.88. The van der Waals surface area contributed by atoms with Gasteiger partial charge in [-0.05, 0) is 19.9 Å². The molecule has 3 aromatic heterocycles. The molecule has 0 saturated heterocycles. The number of nitrogens with zero attached hydrogens (tertiary/aromatic N) is 7. The van der Waals surface area contributed by atoms with Crippen molar-refractivity contribution in [1.29, 1.82) is 0 Å². The Morgan fingerprint density at radius 2 is 1.85 bits per heavy atom. The number of anilines is 1. The van der Waals surface area contributed by atoms with Gasteiger partial charge in [-0.25, -0.2) is 9.97 Å². The first-order valence-electron chi connectivity index (χ1n) is 8.21. The highest BCUT2D eigenvalue weighted by Crippen LogP contribution is 2.32. The number of hydrogen-bond acceptors (Lipinski definition) is 5. The van der Waals surface area contributed by atoms with E-state index in [9.17, 15) is 13.2 Å². The number of rotatable bonds is 4. The van der Waals surface area contributed by atoms with Crippen LogP contribution in [-0.2, 0) is 26.8 Å². The molecule has 3 heterocycles. The van der Waals surface area contributed by atoms with Crippen LogP contribution in [0.3, 0.4) is 0 Å². The highest BCUT2D eigenvalue weighted by molar-refractivity contribution is 5.59. The monoisotopic (exact) mass is 379 g/mol. The smallest absolute Gasteiger partial charge is 0.339 e. The van der Waals surface area contributed by atoms with Crippen molar-refractivity contribution in [3.8, 4) is 11.3 Å². The molecule has 0 fully saturated rings. The zero-order chi connectivity index (χ0) is 19.9. The Labute approximate surface area is 154 Å². The van der Waals surface area contributed by atoms with Crippen LogP contribution < -0.4 is 4.90 Å². The van der Waals surface area contributed by atoms with Gasteiger partial charge in [0.1, 0.15) is 0 Å². The maximum Gasteiger partial charge on any atom is 0.433 e. The maximum absolute atomic E-state index is 13.3. The van der Waals surface area contributed by atoms with E-state index in [1.807, 2.05) is 20.9 Å². The van der Waals surface area contributed by atoms with Crippen LogP contribution in [0, 0.1) is 13.8 Å². The van der Waals surface area contributed by atoms with Crippen LogP contribution in [0.2, 0.25) is 0 Å². The van der Waals surface area contributed by atoms with Crippen molar-refractivity contribution in [2.75, 3.05) is 11.9 Å². The molecule has 10 heteroatoms. The SMILES string of the molecule is Cc1nn(C)c(C)c1CN(C)c1nc(-c2cnn(C)c2)cc(C(F)(F)F)n1. The van der Waals surface area contributed by atoms with Crippen LogP contribution >= 0.6 is 0 Å². The highest BCUT2D eigenvalue weighted by Gasteiger charge is 2.34. The average molecular weight is 379 g/mol. The van der Waals surface area contributed by atoms with E-state index in [0.29, 0.717) is 12.1 Å². The minimum Gasteiger partial charge on any atom is -0.339 e. The summed E-state index contributed by atoms with van der Waals surface area (Å²) < 4.78 is 43.3. The first-order valence-corrected chi connectivity index (χ1v) is 8.21. The number of aryl methyl sites for hydroxylation is 3. The van der Waals surface area contributed by atoms with Crippen molar-refractivity contribution < 1.29 is 13.2 Å². The first-order chi connectivity index (χ1) is 12.6. The molecule has 0 spiro atoms. The largest absolute Gasteiger partial charge is 0.433 e. The third kappa shape index (κ3) is 3.79. The number of halogens is 3. The molecule has 0 bridgehead atoms. The molecule has 3 rings (SSSR count). The van der Waals surface area contributed by atoms with Crippen molar-refractivity contribution >= 4 is 5.95 Å². The molecule has 0 saturated carbocycles. The molecule has 0 aliphatic carbocycles. The molecule has 7 nitrogen and oxygen atoms in total. The van der Waals surface area contributed by atoms with Gasteiger partial charge >= 0.3 is 6.18 Å². The number of aromatic nitrogens is 6. The molecule has 0 atom stereocenters. The second kappa shape index (κ2) is 6.67. The Bertz CT molecular complexity index is 972. The Morgan fingerprint density at radius 3 is 2.37 bits per heavy atom. The summed E-state index contributed by atoms with van der Waals surface area (Å²) in [7, 11) is 5.18. The second-order valence-corrected chi connectivity index (χ2v) is 6.47. The number of alkyl halides is 3. The zero-order valence-electron chi connectivity index (χ0n) is 15.7. The summed E-state index contributed by atoms with van der Waals surface area (Å²) in [6, 6.07) is 0.939. The molecule has 0 aliphatic heterocycles. The highest BCUT2D eigenvalue weighted by atomic mass is 19.4. The van der Waals surface area contributed by atoms with Crippen LogP contribution in [0.25, 0.3) is 11.3 Å². The van der Waals surface area contributed by atoms with Crippen LogP contribution in [0.5, 0.6) is 0 Å². The average Bonchev–Trinajstić information content (AvgIpc) is 3.12. The van der Waals surface area contributed by atoms with Crippen molar-refractivity contribution in [1.82, 2.24) is 29.5 Å². The molecule has 144 valence electrons. The fraction of sp³-hybridized carbons (Fsp3) is 0.412. The van der Waals surface area contributed by atoms with Crippen LogP contribution in [0.4, 0.5) is 19.1 Å². The molecule has 27 heavy (non-hydrogen) atoms. The lowest BCUT2D eigenvalue weighted by Gasteiger charge is -2.19. The summed E-state index contributed by atoms with van der Waals surface area (Å²) in [5, 5.41) is 8.34. The van der Waals surface area contributed by atoms with Crippen LogP contribution in [-0.4, -0.2) is 36.6 Å². The quantitative estimate of drug-likeness (QED) is 0.698. The van der Waals surface area contributed by atoms with E-state index in [0.717, 1.165) is 23.0 Å². The summed E-state index contributed by atoms with van der Waals surface area (Å²) in [4.78, 5) is 9.65. The lowest BCUT2D eigenvalue weighted by atomic mass is 10.2. The zero-order valence-corrected chi connectivity index (χ0v) is 15.7. The molecule has 0 aliphatic rings. The van der Waals surface area contributed by atoms with Gasteiger partial charge in [0.15, 0.2) is 5.69 Å². The van der Waals surface area contributed by atoms with Gasteiger partial charge in [-0.2, -0.15) is 23.4 Å². The van der Waals surface area contributed by atoms with E-state index in [2.05, 4.69) is 20.2 Å². The van der Waals surface area contributed by atoms with E-state index >= 15 is 0 Å². The van der Waals surface area contributed by atoms with Crippen molar-refractivity contribution in [2.24, 2.45) is 14.1 Å². The van der Waals surface area contributed by atoms with E-state index < -0.39 is 11.9 Å². The van der Waals surface area contributed by atoms with Gasteiger partial charge < -0.3 is 4.90 Å². The fourth-order valence-electron chi connectivity index (χ4n) is 2.81. The minimum atomic E-state index is -4.57. The molecule has 0 unspecified atom stereocenters. The van der Waals surface area contributed by atoms with Crippen molar-refractivity contribution in [3.05, 3.63) is 41.1 Å². The lowest BCUT2D eigenvalue weighted by molar-refractivity contribution is -0.141. The van der Waals surface area contributed by atoms with Gasteiger partial charge in [-0.15, -0.1) is 0 Å². The van der Waals surface area contributed by atoms with Gasteiger partial charge in [0.25, 0.3) is 0 Å². The molecule has 3 aromatic rings. The molecule has 0 radical (unpaired) electrons. The predicted molar refractivity (Wildman–Crippen MR) is 94.0 cm³/mol. The molecule has 0 N–H and O–H groups in total. The van der Waals surface area contributed by atoms with Crippen molar-refractivity contribution in [2.45, 2.75) is 26.6 Å². The summed E-state index contributed by atoms with van der Waals surface area (Å²) in [5.41, 5.74) is 2.38. The minimum absolute atomic E-state index is 0.00803. The summed E-state index contributed by atoms with van der Waals surface area (Å²) in [5.74, 6) is -0.00803. The Hall–Kier alpha value is -2.91. The number of hydrogen-bond donors (Lipinski definition) is 0. The Morgan fingerprint density at radius 1 is 1.15 bits per heavy atom. The van der Waals surface area contributed by atoms with Gasteiger partial charge in [-0.3, -0.25) is 9.36 Å². The summed E-state index contributed by atoms with van der Waals surface area (Å²) >= 11 is 0. The Kier molecular flexibility index (Phi) is 4.66. The van der Waals surface area contributed by atoms with E-state index in [1.165, 1.54) is 10.9 Å². The van der Waals surface area contributed by atoms with Gasteiger partial charge in [0.2, 0.25) is 5.95 Å². The second-order valence-electron chi connectivity index (χ2n) is 6.47. The molecule has 0 amide bonds. The van der Waals surface area contributed by atoms with E-state index in [1.54, 1.807) is 29.9 Å². The third-order valence-electron chi connectivity index (χ3n) is 4.40. The molecular formula is C17H20F3N7. The third-order valence-corrected chi connectivity index (χ3v) is 4.40. The standard InChI is InChI=1S/C17H20F3N7/c1-10-13(11(2)27(5)24-10)9-25(3)16-22-14(12-7-21-26(4)8-12)6-15(23-16)17(18,19)20/h6-8H,9H2,1-5H3. The lowest BCUT2D eigenvalue weighted by Crippen LogP contribution is -2.22.